The number of sulfone groups is 1. The molecule has 1 spiro atoms. The highest BCUT2D eigenvalue weighted by Crippen LogP contribution is 2.39. The average Bonchev–Trinajstić information content (AvgIpc) is 2.74. The van der Waals surface area contributed by atoms with Gasteiger partial charge in [0.1, 0.15) is 11.4 Å². The summed E-state index contributed by atoms with van der Waals surface area (Å²) in [4.78, 5) is 4.52. The van der Waals surface area contributed by atoms with E-state index in [1.165, 1.54) is 5.56 Å². The van der Waals surface area contributed by atoms with Crippen LogP contribution in [-0.2, 0) is 26.7 Å². The summed E-state index contributed by atoms with van der Waals surface area (Å²) >= 11 is 0. The number of rotatable bonds is 7. The molecule has 0 bridgehead atoms. The van der Waals surface area contributed by atoms with Crippen LogP contribution in [0.25, 0.3) is 11.3 Å². The normalized spacial score (nSPS) is 18.0. The van der Waals surface area contributed by atoms with Gasteiger partial charge >= 0.3 is 0 Å². The molecule has 6 nitrogen and oxygen atoms in total. The molecule has 162 valence electrons. The van der Waals surface area contributed by atoms with E-state index in [9.17, 15) is 8.42 Å². The zero-order valence-electron chi connectivity index (χ0n) is 17.5. The number of hydrogen-bond acceptors (Lipinski definition) is 6. The van der Waals surface area contributed by atoms with E-state index in [1.807, 2.05) is 18.2 Å². The van der Waals surface area contributed by atoms with Gasteiger partial charge in [0.2, 0.25) is 0 Å². The molecule has 2 aliphatic heterocycles. The molecule has 2 aromatic rings. The number of aromatic nitrogens is 1. The molecule has 3 heterocycles. The van der Waals surface area contributed by atoms with Crippen molar-refractivity contribution in [3.63, 3.8) is 0 Å². The summed E-state index contributed by atoms with van der Waals surface area (Å²) in [6.45, 7) is 2.49. The summed E-state index contributed by atoms with van der Waals surface area (Å²) in [6, 6.07) is 10.0. The van der Waals surface area contributed by atoms with E-state index in [2.05, 4.69) is 22.4 Å². The predicted molar refractivity (Wildman–Crippen MR) is 117 cm³/mol. The molecular weight excluding hydrogens is 400 g/mol. The van der Waals surface area contributed by atoms with Crippen molar-refractivity contribution in [1.82, 2.24) is 10.3 Å². The van der Waals surface area contributed by atoms with E-state index in [0.29, 0.717) is 18.6 Å². The zero-order valence-corrected chi connectivity index (χ0v) is 18.3. The van der Waals surface area contributed by atoms with Gasteiger partial charge in [-0.2, -0.15) is 0 Å². The Kier molecular flexibility index (Phi) is 6.41. The maximum absolute atomic E-state index is 12.2. The highest BCUT2D eigenvalue weighted by molar-refractivity contribution is 7.90. The van der Waals surface area contributed by atoms with Crippen molar-refractivity contribution in [3.05, 3.63) is 47.7 Å². The number of hydrogen-bond donors (Lipinski definition) is 1. The lowest BCUT2D eigenvalue weighted by Gasteiger charge is -2.41. The van der Waals surface area contributed by atoms with Crippen LogP contribution in [0.1, 0.15) is 36.8 Å². The van der Waals surface area contributed by atoms with Crippen LogP contribution < -0.4 is 10.1 Å². The number of piperidine rings is 1. The van der Waals surface area contributed by atoms with Gasteiger partial charge < -0.3 is 14.8 Å². The second kappa shape index (κ2) is 9.04. The molecule has 7 heteroatoms. The number of nitrogens with zero attached hydrogens (tertiary/aromatic N) is 1. The average molecular weight is 431 g/mol. The monoisotopic (exact) mass is 430 g/mol. The van der Waals surface area contributed by atoms with E-state index in [1.54, 1.807) is 13.3 Å². The lowest BCUT2D eigenvalue weighted by Crippen LogP contribution is -2.48. The Hall–Kier alpha value is -1.96. The maximum atomic E-state index is 12.2. The minimum absolute atomic E-state index is 0.00555. The third kappa shape index (κ3) is 5.02. The number of methoxy groups -OCH3 is 1. The topological polar surface area (TPSA) is 77.5 Å². The van der Waals surface area contributed by atoms with Crippen molar-refractivity contribution in [1.29, 1.82) is 0 Å². The largest absolute Gasteiger partial charge is 0.487 e. The molecule has 30 heavy (non-hydrogen) atoms. The summed E-state index contributed by atoms with van der Waals surface area (Å²) < 4.78 is 35.8. The Labute approximate surface area is 178 Å². The summed E-state index contributed by atoms with van der Waals surface area (Å²) in [5.41, 5.74) is 3.82. The van der Waals surface area contributed by atoms with Crippen molar-refractivity contribution in [2.45, 2.75) is 43.5 Å². The number of ether oxygens (including phenoxy) is 2. The number of pyridine rings is 1. The molecule has 1 N–H and O–H groups in total. The first-order chi connectivity index (χ1) is 14.5. The van der Waals surface area contributed by atoms with Gasteiger partial charge in [-0.15, -0.1) is 0 Å². The maximum Gasteiger partial charge on any atom is 0.154 e. The molecular formula is C23H30N2O4S. The molecule has 0 radical (unpaired) electrons. The van der Waals surface area contributed by atoms with Crippen LogP contribution in [0.15, 0.2) is 36.5 Å². The summed E-state index contributed by atoms with van der Waals surface area (Å²) in [5.74, 6) is 1.13. The molecule has 0 saturated carbocycles. The third-order valence-corrected chi connectivity index (χ3v) is 7.75. The first-order valence-corrected chi connectivity index (χ1v) is 12.5. The van der Waals surface area contributed by atoms with Gasteiger partial charge in [-0.05, 0) is 80.6 Å². The van der Waals surface area contributed by atoms with Gasteiger partial charge in [0.25, 0.3) is 0 Å². The molecule has 1 aromatic carbocycles. The second-order valence-corrected chi connectivity index (χ2v) is 10.5. The molecule has 0 atom stereocenters. The van der Waals surface area contributed by atoms with E-state index in [-0.39, 0.29) is 17.1 Å². The molecule has 2 aliphatic rings. The quantitative estimate of drug-likeness (QED) is 0.680. The first kappa shape index (κ1) is 21.3. The van der Waals surface area contributed by atoms with Crippen LogP contribution in [0.5, 0.6) is 5.75 Å². The standard InChI is InChI=1S/C23H30N2O4S/c1-28-13-2-14-30(26,27)17-18-3-5-21(25-16-18)19-4-6-22-20(15-19)7-8-23(29-22)9-11-24-12-10-23/h3-6,15-16,24H,2,7-14,17H2,1H3. The number of benzene rings is 1. The van der Waals surface area contributed by atoms with Crippen molar-refractivity contribution < 1.29 is 17.9 Å². The summed E-state index contributed by atoms with van der Waals surface area (Å²) in [6.07, 6.45) is 6.37. The van der Waals surface area contributed by atoms with Crippen LogP contribution in [-0.4, -0.2) is 51.6 Å². The van der Waals surface area contributed by atoms with E-state index >= 15 is 0 Å². The Morgan fingerprint density at radius 3 is 2.73 bits per heavy atom. The highest BCUT2D eigenvalue weighted by Gasteiger charge is 2.37. The van der Waals surface area contributed by atoms with Crippen molar-refractivity contribution in [3.8, 4) is 17.0 Å². The smallest absolute Gasteiger partial charge is 0.154 e. The Morgan fingerprint density at radius 1 is 1.17 bits per heavy atom. The van der Waals surface area contributed by atoms with Crippen LogP contribution in [0.2, 0.25) is 0 Å². The van der Waals surface area contributed by atoms with Gasteiger partial charge in [-0.3, -0.25) is 4.98 Å². The lowest BCUT2D eigenvalue weighted by molar-refractivity contribution is 0.0170. The fourth-order valence-corrected chi connectivity index (χ4v) is 5.73. The minimum atomic E-state index is -3.15. The van der Waals surface area contributed by atoms with Crippen LogP contribution in [0.4, 0.5) is 0 Å². The lowest BCUT2D eigenvalue weighted by atomic mass is 9.83. The Morgan fingerprint density at radius 2 is 2.00 bits per heavy atom. The summed E-state index contributed by atoms with van der Waals surface area (Å²) in [7, 11) is -1.57. The van der Waals surface area contributed by atoms with Gasteiger partial charge in [-0.25, -0.2) is 8.42 Å². The SMILES string of the molecule is COCCCS(=O)(=O)Cc1ccc(-c2ccc3c(c2)CCC2(CCNCC2)O3)nc1. The van der Waals surface area contributed by atoms with Gasteiger partial charge in [0.15, 0.2) is 9.84 Å². The number of aryl methyl sites for hydroxylation is 1. The molecule has 0 aliphatic carbocycles. The Bertz CT molecular complexity index is 967. The number of fused-ring (bicyclic) bond motifs is 1. The second-order valence-electron chi connectivity index (χ2n) is 8.35. The number of nitrogens with one attached hydrogen (secondary N) is 1. The van der Waals surface area contributed by atoms with Gasteiger partial charge in [-0.1, -0.05) is 6.07 Å². The van der Waals surface area contributed by atoms with E-state index in [4.69, 9.17) is 9.47 Å². The van der Waals surface area contributed by atoms with Crippen LogP contribution in [0.3, 0.4) is 0 Å². The molecule has 1 aromatic heterocycles. The predicted octanol–water partition coefficient (Wildman–Crippen LogP) is 3.15. The summed E-state index contributed by atoms with van der Waals surface area (Å²) in [5, 5.41) is 3.41. The van der Waals surface area contributed by atoms with E-state index in [0.717, 1.165) is 55.8 Å². The first-order valence-electron chi connectivity index (χ1n) is 10.7. The van der Waals surface area contributed by atoms with Gasteiger partial charge in [0, 0.05) is 25.5 Å². The molecule has 1 saturated heterocycles. The van der Waals surface area contributed by atoms with Crippen LogP contribution >= 0.6 is 0 Å². The molecule has 0 unspecified atom stereocenters. The Balaban J connectivity index is 1.44. The van der Waals surface area contributed by atoms with Crippen LogP contribution in [0, 0.1) is 0 Å². The zero-order chi connectivity index (χ0) is 21.0. The molecule has 0 amide bonds. The van der Waals surface area contributed by atoms with Crippen molar-refractivity contribution in [2.24, 2.45) is 0 Å². The highest BCUT2D eigenvalue weighted by atomic mass is 32.2. The third-order valence-electron chi connectivity index (χ3n) is 6.06. The molecule has 4 rings (SSSR count). The molecule has 1 fully saturated rings. The van der Waals surface area contributed by atoms with Crippen molar-refractivity contribution >= 4 is 9.84 Å². The van der Waals surface area contributed by atoms with Crippen molar-refractivity contribution in [2.75, 3.05) is 32.6 Å². The minimum Gasteiger partial charge on any atom is -0.487 e. The fourth-order valence-electron chi connectivity index (χ4n) is 4.34. The fraction of sp³-hybridized carbons (Fsp3) is 0.522. The van der Waals surface area contributed by atoms with E-state index < -0.39 is 9.84 Å². The van der Waals surface area contributed by atoms with Gasteiger partial charge in [0.05, 0.1) is 17.2 Å².